The van der Waals surface area contributed by atoms with Crippen molar-refractivity contribution in [3.05, 3.63) is 17.0 Å². The van der Waals surface area contributed by atoms with Crippen LogP contribution in [-0.2, 0) is 16.6 Å². The first kappa shape index (κ1) is 17.5. The molecule has 2 aliphatic heterocycles. The van der Waals surface area contributed by atoms with Crippen LogP contribution < -0.4 is 5.32 Å². The van der Waals surface area contributed by atoms with Crippen LogP contribution in [0.1, 0.15) is 47.4 Å². The van der Waals surface area contributed by atoms with Gasteiger partial charge in [-0.1, -0.05) is 0 Å². The quantitative estimate of drug-likeness (QED) is 0.856. The van der Waals surface area contributed by atoms with Crippen LogP contribution >= 0.6 is 0 Å². The van der Waals surface area contributed by atoms with E-state index in [9.17, 15) is 9.59 Å². The molecule has 1 aliphatic carbocycles. The molecule has 7 heteroatoms. The van der Waals surface area contributed by atoms with Crippen molar-refractivity contribution in [3.63, 3.8) is 0 Å². The minimum absolute atomic E-state index is 0.0351. The molecule has 4 rings (SSSR count). The Morgan fingerprint density at radius 3 is 2.62 bits per heavy atom. The summed E-state index contributed by atoms with van der Waals surface area (Å²) in [7, 11) is 1.86. The Labute approximate surface area is 154 Å². The molecule has 1 atom stereocenters. The van der Waals surface area contributed by atoms with E-state index in [-0.39, 0.29) is 23.3 Å². The predicted molar refractivity (Wildman–Crippen MR) is 95.7 cm³/mol. The summed E-state index contributed by atoms with van der Waals surface area (Å²) < 4.78 is 7.77. The van der Waals surface area contributed by atoms with Crippen LogP contribution in [0.25, 0.3) is 0 Å². The Morgan fingerprint density at radius 2 is 2.00 bits per heavy atom. The molecule has 1 N–H and O–H groups in total. The summed E-state index contributed by atoms with van der Waals surface area (Å²) in [6.07, 6.45) is 3.88. The molecule has 26 heavy (non-hydrogen) atoms. The van der Waals surface area contributed by atoms with E-state index in [1.165, 1.54) is 12.8 Å². The third-order valence-electron chi connectivity index (χ3n) is 6.01. The molecule has 0 bridgehead atoms. The van der Waals surface area contributed by atoms with Crippen molar-refractivity contribution >= 4 is 11.8 Å². The molecule has 1 aromatic heterocycles. The SMILES string of the molecule is Cc1nn(C)c(C)c1C(=O)N1CC2(CC(CC(=O)NCC3CC3)CO2)C1. The highest BCUT2D eigenvalue weighted by Gasteiger charge is 2.51. The molecular formula is C19H28N4O3. The van der Waals surface area contributed by atoms with Gasteiger partial charge in [0.1, 0.15) is 5.60 Å². The molecule has 1 unspecified atom stereocenters. The number of rotatable bonds is 5. The number of ether oxygens (including phenoxy) is 1. The Hall–Kier alpha value is -1.89. The van der Waals surface area contributed by atoms with Crippen LogP contribution in [0, 0.1) is 25.7 Å². The zero-order valence-electron chi connectivity index (χ0n) is 15.9. The number of nitrogens with zero attached hydrogens (tertiary/aromatic N) is 3. The summed E-state index contributed by atoms with van der Waals surface area (Å²) >= 11 is 0. The molecule has 0 radical (unpaired) electrons. The normalized spacial score (nSPS) is 24.0. The average Bonchev–Trinajstić information content (AvgIpc) is 3.23. The minimum Gasteiger partial charge on any atom is -0.371 e. The summed E-state index contributed by atoms with van der Waals surface area (Å²) in [4.78, 5) is 26.7. The van der Waals surface area contributed by atoms with Gasteiger partial charge < -0.3 is 15.0 Å². The van der Waals surface area contributed by atoms with Gasteiger partial charge in [-0.3, -0.25) is 14.3 Å². The third-order valence-corrected chi connectivity index (χ3v) is 6.01. The lowest BCUT2D eigenvalue weighted by atomic mass is 9.85. The van der Waals surface area contributed by atoms with Crippen molar-refractivity contribution in [1.82, 2.24) is 20.0 Å². The largest absolute Gasteiger partial charge is 0.371 e. The van der Waals surface area contributed by atoms with E-state index in [0.717, 1.165) is 24.4 Å². The van der Waals surface area contributed by atoms with E-state index in [1.54, 1.807) is 4.68 Å². The van der Waals surface area contributed by atoms with Gasteiger partial charge in [-0.2, -0.15) is 5.10 Å². The Bertz CT molecular complexity index is 731. The number of aromatic nitrogens is 2. The maximum absolute atomic E-state index is 12.8. The summed E-state index contributed by atoms with van der Waals surface area (Å²) in [5.74, 6) is 1.13. The maximum Gasteiger partial charge on any atom is 0.257 e. The van der Waals surface area contributed by atoms with Crippen LogP contribution in [-0.4, -0.2) is 58.3 Å². The van der Waals surface area contributed by atoms with Crippen LogP contribution in [0.2, 0.25) is 0 Å². The van der Waals surface area contributed by atoms with E-state index in [4.69, 9.17) is 4.74 Å². The van der Waals surface area contributed by atoms with Gasteiger partial charge in [0.05, 0.1) is 31.0 Å². The lowest BCUT2D eigenvalue weighted by Crippen LogP contribution is -2.63. The highest BCUT2D eigenvalue weighted by atomic mass is 16.5. The molecule has 3 heterocycles. The highest BCUT2D eigenvalue weighted by molar-refractivity contribution is 5.97. The number of likely N-dealkylation sites (tertiary alicyclic amines) is 1. The summed E-state index contributed by atoms with van der Waals surface area (Å²) in [5.41, 5.74) is 2.12. The van der Waals surface area contributed by atoms with E-state index in [0.29, 0.717) is 37.6 Å². The van der Waals surface area contributed by atoms with Gasteiger partial charge in [0.15, 0.2) is 0 Å². The minimum atomic E-state index is -0.249. The zero-order chi connectivity index (χ0) is 18.5. The number of carbonyl (C=O) groups is 2. The predicted octanol–water partition coefficient (Wildman–Crippen LogP) is 1.18. The molecule has 1 saturated carbocycles. The van der Waals surface area contributed by atoms with Crippen molar-refractivity contribution in [2.75, 3.05) is 26.2 Å². The Morgan fingerprint density at radius 1 is 1.27 bits per heavy atom. The molecule has 2 amide bonds. The third kappa shape index (κ3) is 3.24. The van der Waals surface area contributed by atoms with E-state index in [2.05, 4.69) is 10.4 Å². The number of hydrogen-bond acceptors (Lipinski definition) is 4. The Balaban J connectivity index is 1.28. The van der Waals surface area contributed by atoms with Gasteiger partial charge in [-0.05, 0) is 44.9 Å². The van der Waals surface area contributed by atoms with Crippen molar-refractivity contribution < 1.29 is 14.3 Å². The summed E-state index contributed by atoms with van der Waals surface area (Å²) in [6.45, 7) is 6.45. The molecule has 142 valence electrons. The maximum atomic E-state index is 12.8. The monoisotopic (exact) mass is 360 g/mol. The van der Waals surface area contributed by atoms with Gasteiger partial charge >= 0.3 is 0 Å². The van der Waals surface area contributed by atoms with Gasteiger partial charge in [-0.15, -0.1) is 0 Å². The molecule has 3 aliphatic rings. The first-order valence-electron chi connectivity index (χ1n) is 9.57. The lowest BCUT2D eigenvalue weighted by Gasteiger charge is -2.47. The van der Waals surface area contributed by atoms with Crippen LogP contribution in [0.15, 0.2) is 0 Å². The molecule has 0 aromatic carbocycles. The molecule has 3 fully saturated rings. The summed E-state index contributed by atoms with van der Waals surface area (Å²) in [6, 6.07) is 0. The summed E-state index contributed by atoms with van der Waals surface area (Å²) in [5, 5.41) is 7.36. The molecule has 1 spiro atoms. The van der Waals surface area contributed by atoms with Crippen molar-refractivity contribution in [1.29, 1.82) is 0 Å². The standard InChI is InChI=1S/C19H28N4O3/c1-12-17(13(2)22(3)21-12)18(25)23-10-19(11-23)7-15(9-26-19)6-16(24)20-8-14-4-5-14/h14-15H,4-11H2,1-3H3,(H,20,24). The number of carbonyl (C=O) groups excluding carboxylic acids is 2. The number of nitrogens with one attached hydrogen (secondary N) is 1. The van der Waals surface area contributed by atoms with Crippen LogP contribution in [0.5, 0.6) is 0 Å². The second-order valence-electron chi connectivity index (χ2n) is 8.35. The van der Waals surface area contributed by atoms with Crippen LogP contribution in [0.3, 0.4) is 0 Å². The van der Waals surface area contributed by atoms with Gasteiger partial charge in [0, 0.05) is 25.7 Å². The fraction of sp³-hybridized carbons (Fsp3) is 0.737. The smallest absolute Gasteiger partial charge is 0.257 e. The number of hydrogen-bond donors (Lipinski definition) is 1. The number of aryl methyl sites for hydroxylation is 2. The first-order valence-corrected chi connectivity index (χ1v) is 9.57. The fourth-order valence-corrected chi connectivity index (χ4v) is 4.24. The fourth-order valence-electron chi connectivity index (χ4n) is 4.24. The van der Waals surface area contributed by atoms with E-state index in [1.807, 2.05) is 25.8 Å². The zero-order valence-corrected chi connectivity index (χ0v) is 15.9. The highest BCUT2D eigenvalue weighted by Crippen LogP contribution is 2.40. The van der Waals surface area contributed by atoms with Crippen LogP contribution in [0.4, 0.5) is 0 Å². The van der Waals surface area contributed by atoms with E-state index < -0.39 is 0 Å². The molecular weight excluding hydrogens is 332 g/mol. The van der Waals surface area contributed by atoms with Gasteiger partial charge in [-0.25, -0.2) is 0 Å². The van der Waals surface area contributed by atoms with E-state index >= 15 is 0 Å². The topological polar surface area (TPSA) is 76.5 Å². The first-order chi connectivity index (χ1) is 12.4. The second kappa shape index (κ2) is 6.37. The number of amides is 2. The molecule has 2 saturated heterocycles. The van der Waals surface area contributed by atoms with Crippen molar-refractivity contribution in [3.8, 4) is 0 Å². The average molecular weight is 360 g/mol. The van der Waals surface area contributed by atoms with Crippen molar-refractivity contribution in [2.24, 2.45) is 18.9 Å². The molecule has 1 aromatic rings. The van der Waals surface area contributed by atoms with Gasteiger partial charge in [0.25, 0.3) is 5.91 Å². The Kier molecular flexibility index (Phi) is 4.29. The second-order valence-corrected chi connectivity index (χ2v) is 8.35. The van der Waals surface area contributed by atoms with Crippen molar-refractivity contribution in [2.45, 2.75) is 45.1 Å². The molecule has 7 nitrogen and oxygen atoms in total. The van der Waals surface area contributed by atoms with Gasteiger partial charge in [0.2, 0.25) is 5.91 Å². The lowest BCUT2D eigenvalue weighted by molar-refractivity contribution is -0.122.